The second kappa shape index (κ2) is 4.06. The average Bonchev–Trinajstić information content (AvgIpc) is 2.77. The van der Waals surface area contributed by atoms with E-state index in [0.717, 1.165) is 10.9 Å². The van der Waals surface area contributed by atoms with Crippen LogP contribution >= 0.6 is 22.6 Å². The minimum Gasteiger partial charge on any atom is -0.412 e. The number of fused-ring (bicyclic) bond motifs is 1. The molecule has 0 aliphatic heterocycles. The first kappa shape index (κ1) is 10.6. The Morgan fingerprint density at radius 3 is 2.47 bits per heavy atom. The normalized spacial score (nSPS) is 10.9. The molecule has 3 rings (SSSR count). The van der Waals surface area contributed by atoms with Crippen LogP contribution in [-0.4, -0.2) is 10.2 Å². The zero-order chi connectivity index (χ0) is 11.8. The molecule has 0 aliphatic rings. The average molecular weight is 340 g/mol. The van der Waals surface area contributed by atoms with Gasteiger partial charge in [0.05, 0.1) is 0 Å². The number of nitrogens with zero attached hydrogens (tertiary/aromatic N) is 2. The van der Waals surface area contributed by atoms with Crippen LogP contribution in [0, 0.1) is 9.71 Å². The quantitative estimate of drug-likeness (QED) is 0.635. The van der Waals surface area contributed by atoms with Crippen molar-refractivity contribution in [3.05, 3.63) is 46.1 Å². The lowest BCUT2D eigenvalue weighted by Crippen LogP contribution is -1.85. The minimum absolute atomic E-state index is 0.251. The lowest BCUT2D eigenvalue weighted by atomic mass is 10.0. The van der Waals surface area contributed by atoms with Gasteiger partial charge in [0.1, 0.15) is 5.82 Å². The van der Waals surface area contributed by atoms with Gasteiger partial charge in [-0.2, -0.15) is 0 Å². The van der Waals surface area contributed by atoms with E-state index < -0.39 is 0 Å². The van der Waals surface area contributed by atoms with Gasteiger partial charge in [-0.25, -0.2) is 4.39 Å². The summed E-state index contributed by atoms with van der Waals surface area (Å²) in [4.78, 5) is 0. The third kappa shape index (κ3) is 1.80. The SMILES string of the molecule is Fc1ccc(-c2nnc(I)o2)c2ccccc12. The fourth-order valence-electron chi connectivity index (χ4n) is 1.76. The largest absolute Gasteiger partial charge is 0.412 e. The van der Waals surface area contributed by atoms with Crippen LogP contribution in [0.2, 0.25) is 0 Å². The lowest BCUT2D eigenvalue weighted by Gasteiger charge is -2.03. The molecule has 0 saturated heterocycles. The molecule has 1 heterocycles. The van der Waals surface area contributed by atoms with Crippen LogP contribution < -0.4 is 0 Å². The summed E-state index contributed by atoms with van der Waals surface area (Å²) < 4.78 is 19.4. The number of rotatable bonds is 1. The van der Waals surface area contributed by atoms with Gasteiger partial charge in [0.2, 0.25) is 5.89 Å². The summed E-state index contributed by atoms with van der Waals surface area (Å²) in [6.45, 7) is 0. The highest BCUT2D eigenvalue weighted by molar-refractivity contribution is 14.1. The minimum atomic E-state index is -0.251. The predicted molar refractivity (Wildman–Crippen MR) is 69.9 cm³/mol. The van der Waals surface area contributed by atoms with Gasteiger partial charge in [0.25, 0.3) is 3.90 Å². The summed E-state index contributed by atoms with van der Waals surface area (Å²) in [5, 5.41) is 9.04. The monoisotopic (exact) mass is 340 g/mol. The molecular weight excluding hydrogens is 334 g/mol. The van der Waals surface area contributed by atoms with Crippen molar-refractivity contribution in [1.29, 1.82) is 0 Å². The summed E-state index contributed by atoms with van der Waals surface area (Å²) >= 11 is 1.94. The number of halogens is 2. The molecule has 3 aromatic rings. The number of hydrogen-bond acceptors (Lipinski definition) is 3. The maximum absolute atomic E-state index is 13.6. The Hall–Kier alpha value is -1.50. The predicted octanol–water partition coefficient (Wildman–Crippen LogP) is 3.63. The van der Waals surface area contributed by atoms with Gasteiger partial charge in [0, 0.05) is 33.5 Å². The van der Waals surface area contributed by atoms with E-state index in [1.54, 1.807) is 18.2 Å². The van der Waals surface area contributed by atoms with Crippen molar-refractivity contribution >= 4 is 33.4 Å². The van der Waals surface area contributed by atoms with Crippen molar-refractivity contribution < 1.29 is 8.81 Å². The number of aromatic nitrogens is 2. The summed E-state index contributed by atoms with van der Waals surface area (Å²) in [6.07, 6.45) is 0. The van der Waals surface area contributed by atoms with Crippen molar-refractivity contribution in [2.75, 3.05) is 0 Å². The Bertz CT molecular complexity index is 696. The van der Waals surface area contributed by atoms with E-state index in [1.165, 1.54) is 6.07 Å². The Balaban J connectivity index is 2.34. The van der Waals surface area contributed by atoms with E-state index >= 15 is 0 Å². The van der Waals surface area contributed by atoms with E-state index in [2.05, 4.69) is 10.2 Å². The topological polar surface area (TPSA) is 38.9 Å². The van der Waals surface area contributed by atoms with Crippen molar-refractivity contribution in [2.24, 2.45) is 0 Å². The molecular formula is C12H6FIN2O. The smallest absolute Gasteiger partial charge is 0.278 e. The fourth-order valence-corrected chi connectivity index (χ4v) is 2.08. The molecule has 0 N–H and O–H groups in total. The van der Waals surface area contributed by atoms with E-state index in [1.807, 2.05) is 34.7 Å². The van der Waals surface area contributed by atoms with E-state index in [9.17, 15) is 4.39 Å². The van der Waals surface area contributed by atoms with Crippen molar-refractivity contribution in [2.45, 2.75) is 0 Å². The van der Waals surface area contributed by atoms with Crippen LogP contribution in [0.1, 0.15) is 0 Å². The van der Waals surface area contributed by atoms with E-state index in [0.29, 0.717) is 15.2 Å². The van der Waals surface area contributed by atoms with Gasteiger partial charge in [0.15, 0.2) is 0 Å². The third-order valence-corrected chi connectivity index (χ3v) is 2.94. The van der Waals surface area contributed by atoms with Gasteiger partial charge < -0.3 is 4.42 Å². The first-order valence-electron chi connectivity index (χ1n) is 4.92. The van der Waals surface area contributed by atoms with Crippen LogP contribution in [0.3, 0.4) is 0 Å². The van der Waals surface area contributed by atoms with Crippen molar-refractivity contribution in [3.63, 3.8) is 0 Å². The van der Waals surface area contributed by atoms with Gasteiger partial charge >= 0.3 is 0 Å². The number of benzene rings is 2. The molecule has 0 amide bonds. The zero-order valence-corrected chi connectivity index (χ0v) is 10.7. The van der Waals surface area contributed by atoms with E-state index in [-0.39, 0.29) is 5.82 Å². The van der Waals surface area contributed by atoms with Gasteiger partial charge in [-0.1, -0.05) is 24.3 Å². The molecule has 0 saturated carbocycles. The molecule has 3 nitrogen and oxygen atoms in total. The molecule has 17 heavy (non-hydrogen) atoms. The summed E-state index contributed by atoms with van der Waals surface area (Å²) in [5.74, 6) is 0.157. The highest BCUT2D eigenvalue weighted by atomic mass is 127. The Labute approximate surface area is 110 Å². The van der Waals surface area contributed by atoms with Crippen molar-refractivity contribution in [1.82, 2.24) is 10.2 Å². The summed E-state index contributed by atoms with van der Waals surface area (Å²) in [5.41, 5.74) is 0.748. The summed E-state index contributed by atoms with van der Waals surface area (Å²) in [7, 11) is 0. The fraction of sp³-hybridized carbons (Fsp3) is 0. The van der Waals surface area contributed by atoms with Crippen LogP contribution in [0.5, 0.6) is 0 Å². The standard InChI is InChI=1S/C12H6FIN2O/c13-10-6-5-9(11-15-16-12(14)17-11)7-3-1-2-4-8(7)10/h1-6H. The first-order chi connectivity index (χ1) is 8.25. The first-order valence-corrected chi connectivity index (χ1v) is 6.00. The Morgan fingerprint density at radius 2 is 1.76 bits per heavy atom. The molecule has 0 unspecified atom stereocenters. The van der Waals surface area contributed by atoms with E-state index in [4.69, 9.17) is 4.42 Å². The van der Waals surface area contributed by atoms with Crippen LogP contribution in [0.15, 0.2) is 40.8 Å². The maximum atomic E-state index is 13.6. The van der Waals surface area contributed by atoms with Gasteiger partial charge in [-0.3, -0.25) is 0 Å². The molecule has 0 radical (unpaired) electrons. The van der Waals surface area contributed by atoms with Gasteiger partial charge in [-0.05, 0) is 17.5 Å². The molecule has 0 spiro atoms. The molecule has 5 heteroatoms. The Kier molecular flexibility index (Phi) is 2.54. The molecule has 84 valence electrons. The molecule has 2 aromatic carbocycles. The zero-order valence-electron chi connectivity index (χ0n) is 8.52. The molecule has 0 atom stereocenters. The Morgan fingerprint density at radius 1 is 1.00 bits per heavy atom. The highest BCUT2D eigenvalue weighted by Gasteiger charge is 2.12. The van der Waals surface area contributed by atoms with Crippen molar-refractivity contribution in [3.8, 4) is 11.5 Å². The third-order valence-electron chi connectivity index (χ3n) is 2.50. The highest BCUT2D eigenvalue weighted by Crippen LogP contribution is 2.29. The lowest BCUT2D eigenvalue weighted by molar-refractivity contribution is 0.537. The maximum Gasteiger partial charge on any atom is 0.278 e. The molecule has 1 aromatic heterocycles. The molecule has 0 bridgehead atoms. The second-order valence-corrected chi connectivity index (χ2v) is 4.42. The number of hydrogen-bond donors (Lipinski definition) is 0. The second-order valence-electron chi connectivity index (χ2n) is 3.50. The van der Waals surface area contributed by atoms with Crippen LogP contribution in [0.4, 0.5) is 4.39 Å². The summed E-state index contributed by atoms with van der Waals surface area (Å²) in [6, 6.07) is 10.3. The molecule has 0 aliphatic carbocycles. The van der Waals surface area contributed by atoms with Crippen LogP contribution in [0.25, 0.3) is 22.2 Å². The van der Waals surface area contributed by atoms with Crippen LogP contribution in [-0.2, 0) is 0 Å². The van der Waals surface area contributed by atoms with Gasteiger partial charge in [-0.15, -0.1) is 10.2 Å². The molecule has 0 fully saturated rings.